The van der Waals surface area contributed by atoms with Crippen molar-refractivity contribution in [2.75, 3.05) is 35.2 Å². The monoisotopic (exact) mass is 512 g/mol. The van der Waals surface area contributed by atoms with Crippen LogP contribution in [0.4, 0.5) is 49.6 Å². The van der Waals surface area contributed by atoms with Crippen molar-refractivity contribution >= 4 is 23.3 Å². The Morgan fingerprint density at radius 1 is 0.861 bits per heavy atom. The summed E-state index contributed by atoms with van der Waals surface area (Å²) in [7, 11) is 0. The first-order chi connectivity index (χ1) is 17.0. The lowest BCUT2D eigenvalue weighted by Gasteiger charge is -2.17. The van der Waals surface area contributed by atoms with Crippen LogP contribution in [-0.4, -0.2) is 40.8 Å². The van der Waals surface area contributed by atoms with Gasteiger partial charge < -0.3 is 20.3 Å². The van der Waals surface area contributed by atoms with E-state index in [4.69, 9.17) is 0 Å². The molecule has 1 fully saturated rings. The van der Waals surface area contributed by atoms with Crippen molar-refractivity contribution in [1.82, 2.24) is 15.0 Å². The molecule has 0 atom stereocenters. The van der Waals surface area contributed by atoms with Crippen molar-refractivity contribution in [2.24, 2.45) is 0 Å². The quantitative estimate of drug-likeness (QED) is 0.370. The second kappa shape index (κ2) is 10.5. The number of anilines is 4. The maximum atomic E-state index is 13.0. The van der Waals surface area contributed by atoms with Gasteiger partial charge in [-0.15, -0.1) is 0 Å². The predicted molar refractivity (Wildman–Crippen MR) is 121 cm³/mol. The molecular formula is C23H22F6N6O. The van der Waals surface area contributed by atoms with E-state index in [2.05, 4.69) is 35.2 Å². The number of hydrogen-bond acceptors (Lipinski definition) is 7. The Hall–Kier alpha value is -3.77. The van der Waals surface area contributed by atoms with Crippen LogP contribution in [0.5, 0.6) is 6.01 Å². The van der Waals surface area contributed by atoms with E-state index in [1.807, 2.05) is 24.3 Å². The molecule has 4 rings (SSSR count). The topological polar surface area (TPSA) is 75.2 Å². The molecule has 2 aromatic carbocycles. The smallest absolute Gasteiger partial charge is 0.422 e. The molecule has 13 heteroatoms. The van der Waals surface area contributed by atoms with Crippen molar-refractivity contribution in [3.05, 3.63) is 59.7 Å². The van der Waals surface area contributed by atoms with E-state index in [-0.39, 0.29) is 24.1 Å². The van der Waals surface area contributed by atoms with Gasteiger partial charge in [-0.1, -0.05) is 18.2 Å². The van der Waals surface area contributed by atoms with Crippen LogP contribution in [0, 0.1) is 0 Å². The Morgan fingerprint density at radius 2 is 1.56 bits per heavy atom. The van der Waals surface area contributed by atoms with E-state index >= 15 is 0 Å². The van der Waals surface area contributed by atoms with Crippen molar-refractivity contribution in [2.45, 2.75) is 31.7 Å². The fourth-order valence-corrected chi connectivity index (χ4v) is 3.59. The van der Waals surface area contributed by atoms with Crippen LogP contribution in [0.2, 0.25) is 0 Å². The summed E-state index contributed by atoms with van der Waals surface area (Å²) in [5, 5.41) is 5.45. The molecule has 0 unspecified atom stereocenters. The molecule has 3 aromatic rings. The average Bonchev–Trinajstić information content (AvgIpc) is 3.36. The maximum absolute atomic E-state index is 13.0. The van der Waals surface area contributed by atoms with Crippen LogP contribution >= 0.6 is 0 Å². The fourth-order valence-electron chi connectivity index (χ4n) is 3.59. The third-order valence-corrected chi connectivity index (χ3v) is 5.28. The van der Waals surface area contributed by atoms with Gasteiger partial charge in [0.2, 0.25) is 11.9 Å². The van der Waals surface area contributed by atoms with Crippen LogP contribution in [0.3, 0.4) is 0 Å². The molecule has 0 bridgehead atoms. The summed E-state index contributed by atoms with van der Waals surface area (Å²) in [4.78, 5) is 13.9. The van der Waals surface area contributed by atoms with E-state index in [9.17, 15) is 26.3 Å². The number of alkyl halides is 6. The van der Waals surface area contributed by atoms with E-state index < -0.39 is 30.5 Å². The first kappa shape index (κ1) is 25.3. The molecule has 0 radical (unpaired) electrons. The lowest BCUT2D eigenvalue weighted by Crippen LogP contribution is -2.21. The summed E-state index contributed by atoms with van der Waals surface area (Å²) < 4.78 is 81.5. The molecule has 0 aliphatic carbocycles. The first-order valence-corrected chi connectivity index (χ1v) is 11.0. The molecule has 2 N–H and O–H groups in total. The Morgan fingerprint density at radius 3 is 2.22 bits per heavy atom. The molecule has 36 heavy (non-hydrogen) atoms. The number of rotatable bonds is 8. The second-order valence-electron chi connectivity index (χ2n) is 8.09. The second-order valence-corrected chi connectivity index (χ2v) is 8.09. The number of halogens is 6. The number of nitrogens with zero attached hydrogens (tertiary/aromatic N) is 4. The van der Waals surface area contributed by atoms with Gasteiger partial charge in [-0.25, -0.2) is 0 Å². The maximum Gasteiger partial charge on any atom is 0.422 e. The Labute approximate surface area is 202 Å². The lowest BCUT2D eigenvalue weighted by atomic mass is 10.2. The third-order valence-electron chi connectivity index (χ3n) is 5.28. The molecular weight excluding hydrogens is 490 g/mol. The highest BCUT2D eigenvalue weighted by molar-refractivity contribution is 5.56. The number of nitrogens with one attached hydrogen (secondary N) is 2. The standard InChI is InChI=1S/C23H22F6N6O/c24-22(25,26)14-36-21-33-19(30-13-15-6-8-18(9-7-15)35-10-1-2-11-35)32-20(34-21)31-17-5-3-4-16(12-17)23(27,28)29/h3-9,12H,1-2,10-11,13-14H2,(H2,30,31,32,33,34). The summed E-state index contributed by atoms with van der Waals surface area (Å²) >= 11 is 0. The predicted octanol–water partition coefficient (Wildman–Crippen LogP) is 5.79. The van der Waals surface area contributed by atoms with Crippen molar-refractivity contribution < 1.29 is 31.1 Å². The molecule has 192 valence electrons. The van der Waals surface area contributed by atoms with Gasteiger partial charge in [-0.3, -0.25) is 0 Å². The average molecular weight is 512 g/mol. The molecule has 2 heterocycles. The Kier molecular flexibility index (Phi) is 7.36. The highest BCUT2D eigenvalue weighted by Gasteiger charge is 2.31. The minimum Gasteiger partial charge on any atom is -0.454 e. The molecule has 0 amide bonds. The summed E-state index contributed by atoms with van der Waals surface area (Å²) in [6, 6.07) is 11.4. The van der Waals surface area contributed by atoms with Gasteiger partial charge in [0.15, 0.2) is 6.61 Å². The summed E-state index contributed by atoms with van der Waals surface area (Å²) in [5.74, 6) is -0.395. The first-order valence-electron chi connectivity index (χ1n) is 11.0. The molecule has 1 aliphatic heterocycles. The zero-order valence-corrected chi connectivity index (χ0v) is 18.8. The van der Waals surface area contributed by atoms with Crippen LogP contribution < -0.4 is 20.3 Å². The minimum absolute atomic E-state index is 0.0127. The molecule has 7 nitrogen and oxygen atoms in total. The molecule has 0 spiro atoms. The van der Waals surface area contributed by atoms with E-state index in [1.165, 1.54) is 12.1 Å². The van der Waals surface area contributed by atoms with Crippen LogP contribution in [-0.2, 0) is 12.7 Å². The van der Waals surface area contributed by atoms with Gasteiger partial charge in [0.25, 0.3) is 0 Å². The highest BCUT2D eigenvalue weighted by Crippen LogP contribution is 2.31. The van der Waals surface area contributed by atoms with Crippen LogP contribution in [0.15, 0.2) is 48.5 Å². The normalized spacial score (nSPS) is 14.1. The number of hydrogen-bond donors (Lipinski definition) is 2. The van der Waals surface area contributed by atoms with Gasteiger partial charge in [0.1, 0.15) is 0 Å². The number of ether oxygens (including phenoxy) is 1. The zero-order chi connectivity index (χ0) is 25.8. The van der Waals surface area contributed by atoms with Crippen LogP contribution in [0.25, 0.3) is 0 Å². The highest BCUT2D eigenvalue weighted by atomic mass is 19.4. The van der Waals surface area contributed by atoms with Gasteiger partial charge in [-0.05, 0) is 48.7 Å². The Balaban J connectivity index is 1.50. The van der Waals surface area contributed by atoms with E-state index in [1.54, 1.807) is 0 Å². The third kappa shape index (κ3) is 7.12. The minimum atomic E-state index is -4.63. The van der Waals surface area contributed by atoms with E-state index in [0.29, 0.717) is 0 Å². The summed E-state index contributed by atoms with van der Waals surface area (Å²) in [5.41, 5.74) is 1.04. The fraction of sp³-hybridized carbons (Fsp3) is 0.348. The molecule has 1 aliphatic rings. The lowest BCUT2D eigenvalue weighted by molar-refractivity contribution is -0.154. The Bertz CT molecular complexity index is 1160. The van der Waals surface area contributed by atoms with Gasteiger partial charge in [-0.2, -0.15) is 41.3 Å². The molecule has 0 saturated carbocycles. The van der Waals surface area contributed by atoms with Crippen LogP contribution in [0.1, 0.15) is 24.0 Å². The number of aromatic nitrogens is 3. The summed E-state index contributed by atoms with van der Waals surface area (Å²) in [6.45, 7) is 0.610. The molecule has 1 aromatic heterocycles. The van der Waals surface area contributed by atoms with Crippen molar-refractivity contribution in [1.29, 1.82) is 0 Å². The zero-order valence-electron chi connectivity index (χ0n) is 18.8. The number of benzene rings is 2. The summed E-state index contributed by atoms with van der Waals surface area (Å²) in [6.07, 6.45) is -6.91. The SMILES string of the molecule is FC(F)(F)COc1nc(NCc2ccc(N3CCCC3)cc2)nc(Nc2cccc(C(F)(F)F)c2)n1. The van der Waals surface area contributed by atoms with Gasteiger partial charge in [0.05, 0.1) is 5.56 Å². The van der Waals surface area contributed by atoms with Gasteiger partial charge >= 0.3 is 18.4 Å². The molecule has 1 saturated heterocycles. The largest absolute Gasteiger partial charge is 0.454 e. The van der Waals surface area contributed by atoms with Crippen molar-refractivity contribution in [3.63, 3.8) is 0 Å². The van der Waals surface area contributed by atoms with Gasteiger partial charge in [0, 0.05) is 31.0 Å². The van der Waals surface area contributed by atoms with Crippen molar-refractivity contribution in [3.8, 4) is 6.01 Å². The van der Waals surface area contributed by atoms with E-state index in [0.717, 1.165) is 49.3 Å².